The number of nitrogens with zero attached hydrogens (tertiary/aromatic N) is 3. The van der Waals surface area contributed by atoms with E-state index in [1.807, 2.05) is 5.51 Å². The Morgan fingerprint density at radius 2 is 1.91 bits per heavy atom. The highest BCUT2D eigenvalue weighted by Crippen LogP contribution is 2.34. The van der Waals surface area contributed by atoms with Crippen LogP contribution in [0.3, 0.4) is 0 Å². The molecule has 0 unspecified atom stereocenters. The maximum atomic E-state index is 4.66. The van der Waals surface area contributed by atoms with Gasteiger partial charge in [-0.1, -0.05) is 18.2 Å². The molecule has 0 fully saturated rings. The lowest BCUT2D eigenvalue weighted by Crippen LogP contribution is -2.31. The summed E-state index contributed by atoms with van der Waals surface area (Å²) in [6.07, 6.45) is 0. The third-order valence-corrected chi connectivity index (χ3v) is 5.29. The van der Waals surface area contributed by atoms with E-state index in [0.717, 1.165) is 5.52 Å². The summed E-state index contributed by atoms with van der Waals surface area (Å²) in [5.41, 5.74) is 8.08. The standard InChI is InChI=1S/C19H20N3S/c1-12(2)22-15-8-6-5-7-14(15)21(4)19(22)17-13(3)9-10-16-18(17)20-11-23-16/h5-12H,1-4H3/q+1. The van der Waals surface area contributed by atoms with Crippen molar-refractivity contribution in [1.82, 2.24) is 9.55 Å². The van der Waals surface area contributed by atoms with Gasteiger partial charge < -0.3 is 0 Å². The first-order valence-corrected chi connectivity index (χ1v) is 8.79. The number of para-hydroxylation sites is 2. The molecular formula is C19H20N3S+. The first kappa shape index (κ1) is 14.4. The molecule has 2 heterocycles. The molecule has 2 aromatic carbocycles. The van der Waals surface area contributed by atoms with E-state index < -0.39 is 0 Å². The van der Waals surface area contributed by atoms with E-state index in [-0.39, 0.29) is 0 Å². The number of rotatable bonds is 2. The summed E-state index contributed by atoms with van der Waals surface area (Å²) < 4.78 is 5.97. The van der Waals surface area contributed by atoms with Gasteiger partial charge in [0.05, 0.1) is 34.4 Å². The third-order valence-electron chi connectivity index (χ3n) is 4.50. The number of hydrogen-bond donors (Lipinski definition) is 0. The van der Waals surface area contributed by atoms with Gasteiger partial charge in [-0.15, -0.1) is 11.3 Å². The van der Waals surface area contributed by atoms with E-state index in [0.29, 0.717) is 6.04 Å². The van der Waals surface area contributed by atoms with Crippen molar-refractivity contribution in [3.05, 3.63) is 47.5 Å². The van der Waals surface area contributed by atoms with Gasteiger partial charge in [0.15, 0.2) is 11.0 Å². The molecule has 0 aliphatic heterocycles. The molecule has 4 aromatic rings. The minimum atomic E-state index is 0.379. The third kappa shape index (κ3) is 2.01. The number of fused-ring (bicyclic) bond motifs is 2. The van der Waals surface area contributed by atoms with Crippen molar-refractivity contribution >= 4 is 32.6 Å². The van der Waals surface area contributed by atoms with E-state index in [2.05, 4.69) is 78.3 Å². The summed E-state index contributed by atoms with van der Waals surface area (Å²) in [4.78, 5) is 4.66. The number of hydrogen-bond acceptors (Lipinski definition) is 2. The molecule has 0 N–H and O–H groups in total. The molecule has 0 aliphatic carbocycles. The van der Waals surface area contributed by atoms with Crippen molar-refractivity contribution in [3.8, 4) is 11.4 Å². The van der Waals surface area contributed by atoms with E-state index in [1.54, 1.807) is 11.3 Å². The molecule has 4 rings (SSSR count). The van der Waals surface area contributed by atoms with Crippen LogP contribution >= 0.6 is 11.3 Å². The smallest absolute Gasteiger partial charge is 0.244 e. The second-order valence-electron chi connectivity index (χ2n) is 6.29. The molecule has 0 atom stereocenters. The highest BCUT2D eigenvalue weighted by molar-refractivity contribution is 7.16. The van der Waals surface area contributed by atoms with Crippen molar-refractivity contribution < 1.29 is 4.57 Å². The number of aryl methyl sites for hydroxylation is 2. The minimum Gasteiger partial charge on any atom is -0.244 e. The van der Waals surface area contributed by atoms with Crippen molar-refractivity contribution in [1.29, 1.82) is 0 Å². The summed E-state index contributed by atoms with van der Waals surface area (Å²) in [5.74, 6) is 1.23. The maximum Gasteiger partial charge on any atom is 0.292 e. The predicted octanol–water partition coefficient (Wildman–Crippen LogP) is 4.63. The number of aromatic nitrogens is 3. The van der Waals surface area contributed by atoms with Crippen LogP contribution in [-0.4, -0.2) is 9.55 Å². The quantitative estimate of drug-likeness (QED) is 0.493. The van der Waals surface area contributed by atoms with Crippen LogP contribution in [0.4, 0.5) is 0 Å². The topological polar surface area (TPSA) is 21.7 Å². The monoisotopic (exact) mass is 322 g/mol. The fraction of sp³-hybridized carbons (Fsp3) is 0.263. The molecule has 0 radical (unpaired) electrons. The highest BCUT2D eigenvalue weighted by atomic mass is 32.1. The van der Waals surface area contributed by atoms with Crippen LogP contribution in [-0.2, 0) is 7.05 Å². The second kappa shape index (κ2) is 5.17. The Morgan fingerprint density at radius 3 is 2.70 bits per heavy atom. The van der Waals surface area contributed by atoms with Gasteiger partial charge in [0.1, 0.15) is 0 Å². The second-order valence-corrected chi connectivity index (χ2v) is 7.18. The molecule has 3 nitrogen and oxygen atoms in total. The van der Waals surface area contributed by atoms with E-state index in [4.69, 9.17) is 0 Å². The summed E-state index contributed by atoms with van der Waals surface area (Å²) in [5, 5.41) is 0. The van der Waals surface area contributed by atoms with Gasteiger partial charge in [0.25, 0.3) is 5.82 Å². The SMILES string of the molecule is Cc1ccc2scnc2c1-c1n(C(C)C)c2ccccc2[n+]1C. The van der Waals surface area contributed by atoms with E-state index in [9.17, 15) is 0 Å². The Balaban J connectivity index is 2.21. The van der Waals surface area contributed by atoms with E-state index >= 15 is 0 Å². The van der Waals surface area contributed by atoms with Crippen LogP contribution in [0.5, 0.6) is 0 Å². The van der Waals surface area contributed by atoms with Crippen LogP contribution in [0.25, 0.3) is 32.6 Å². The summed E-state index contributed by atoms with van der Waals surface area (Å²) in [6.45, 7) is 6.66. The lowest BCUT2D eigenvalue weighted by molar-refractivity contribution is -0.634. The first-order chi connectivity index (χ1) is 11.1. The van der Waals surface area contributed by atoms with Gasteiger partial charge in [0.2, 0.25) is 0 Å². The number of benzene rings is 2. The Kier molecular flexibility index (Phi) is 3.23. The van der Waals surface area contributed by atoms with Gasteiger partial charge >= 0.3 is 0 Å². The Hall–Kier alpha value is -2.20. The first-order valence-electron chi connectivity index (χ1n) is 7.91. The van der Waals surface area contributed by atoms with Crippen molar-refractivity contribution in [2.75, 3.05) is 0 Å². The van der Waals surface area contributed by atoms with Gasteiger partial charge in [0, 0.05) is 0 Å². The highest BCUT2D eigenvalue weighted by Gasteiger charge is 2.29. The molecule has 23 heavy (non-hydrogen) atoms. The molecule has 0 spiro atoms. The molecule has 0 bridgehead atoms. The molecule has 4 heteroatoms. The van der Waals surface area contributed by atoms with Crippen LogP contribution in [0.1, 0.15) is 25.5 Å². The fourth-order valence-electron chi connectivity index (χ4n) is 3.47. The van der Waals surface area contributed by atoms with Crippen LogP contribution < -0.4 is 4.57 Å². The molecule has 0 saturated carbocycles. The number of thiazole rings is 1. The normalized spacial score (nSPS) is 11.9. The average Bonchev–Trinajstić information content (AvgIpc) is 3.11. The minimum absolute atomic E-state index is 0.379. The molecule has 0 aliphatic rings. The zero-order valence-electron chi connectivity index (χ0n) is 13.9. The Bertz CT molecular complexity index is 1020. The molecule has 116 valence electrons. The van der Waals surface area contributed by atoms with Gasteiger partial charge in [-0.05, 0) is 44.5 Å². The summed E-state index contributed by atoms with van der Waals surface area (Å²) >= 11 is 1.70. The molecule has 0 amide bonds. The maximum absolute atomic E-state index is 4.66. The van der Waals surface area contributed by atoms with Gasteiger partial charge in [-0.2, -0.15) is 0 Å². The van der Waals surface area contributed by atoms with E-state index in [1.165, 1.54) is 32.7 Å². The summed E-state index contributed by atoms with van der Waals surface area (Å²) in [7, 11) is 2.15. The van der Waals surface area contributed by atoms with Gasteiger partial charge in [-0.25, -0.2) is 14.1 Å². The molecular weight excluding hydrogens is 302 g/mol. The number of imidazole rings is 1. The largest absolute Gasteiger partial charge is 0.292 e. The van der Waals surface area contributed by atoms with Crippen LogP contribution in [0.2, 0.25) is 0 Å². The Morgan fingerprint density at radius 1 is 1.13 bits per heavy atom. The lowest BCUT2D eigenvalue weighted by atomic mass is 10.1. The molecule has 0 saturated heterocycles. The van der Waals surface area contributed by atoms with Crippen LogP contribution in [0.15, 0.2) is 41.9 Å². The van der Waals surface area contributed by atoms with Gasteiger partial charge in [-0.3, -0.25) is 0 Å². The van der Waals surface area contributed by atoms with Crippen molar-refractivity contribution in [3.63, 3.8) is 0 Å². The average molecular weight is 322 g/mol. The lowest BCUT2D eigenvalue weighted by Gasteiger charge is -2.09. The summed E-state index contributed by atoms with van der Waals surface area (Å²) in [6, 6.07) is 13.4. The zero-order chi connectivity index (χ0) is 16.1. The van der Waals surface area contributed by atoms with Crippen molar-refractivity contribution in [2.45, 2.75) is 26.8 Å². The predicted molar refractivity (Wildman–Crippen MR) is 96.9 cm³/mol. The molecule has 2 aromatic heterocycles. The van der Waals surface area contributed by atoms with Crippen molar-refractivity contribution in [2.24, 2.45) is 7.05 Å². The van der Waals surface area contributed by atoms with Crippen LogP contribution in [0, 0.1) is 6.92 Å². The fourth-order valence-corrected chi connectivity index (χ4v) is 4.15. The Labute approximate surface area is 139 Å². The zero-order valence-corrected chi connectivity index (χ0v) is 14.7.